The molecule has 0 unspecified atom stereocenters. The monoisotopic (exact) mass is 734 g/mol. The lowest BCUT2D eigenvalue weighted by Crippen LogP contribution is -2.00. The SMILES string of the molecule is [2H]c1c([2H])c([2H])c(-c2nc(-c3ccccc3)nc(-c3ccc4c(c3)oc3c(-n5c6ccccc6c6cc7c(cc65)c5ccccc5n7-c5ccccc5)cccc34)n2)c([2H])c1[2H]. The van der Waals surface area contributed by atoms with Gasteiger partial charge in [-0.15, -0.1) is 0 Å². The van der Waals surface area contributed by atoms with Gasteiger partial charge in [0.25, 0.3) is 0 Å². The highest BCUT2D eigenvalue weighted by molar-refractivity contribution is 6.20. The summed E-state index contributed by atoms with van der Waals surface area (Å²) in [6.45, 7) is 0. The molecular formula is C51H31N5O. The number of para-hydroxylation sites is 4. The number of hydrogen-bond acceptors (Lipinski definition) is 4. The summed E-state index contributed by atoms with van der Waals surface area (Å²) in [5.41, 5.74) is 8.92. The van der Waals surface area contributed by atoms with E-state index in [1.54, 1.807) is 0 Å². The first-order chi connectivity index (χ1) is 30.3. The van der Waals surface area contributed by atoms with Crippen molar-refractivity contribution in [1.29, 1.82) is 0 Å². The predicted octanol–water partition coefficient (Wildman–Crippen LogP) is 13.0. The van der Waals surface area contributed by atoms with Gasteiger partial charge in [-0.05, 0) is 54.6 Å². The molecule has 4 aromatic heterocycles. The third kappa shape index (κ3) is 4.87. The average Bonchev–Trinajstić information content (AvgIpc) is 3.97. The van der Waals surface area contributed by atoms with Gasteiger partial charge in [-0.2, -0.15) is 0 Å². The molecular weight excluding hydrogens is 699 g/mol. The maximum absolute atomic E-state index is 8.69. The van der Waals surface area contributed by atoms with Gasteiger partial charge in [-0.3, -0.25) is 0 Å². The lowest BCUT2D eigenvalue weighted by molar-refractivity contribution is 0.666. The molecule has 0 amide bonds. The average molecular weight is 735 g/mol. The number of nitrogens with zero attached hydrogens (tertiary/aromatic N) is 5. The van der Waals surface area contributed by atoms with Crippen LogP contribution >= 0.6 is 0 Å². The van der Waals surface area contributed by atoms with E-state index in [4.69, 9.17) is 21.2 Å². The highest BCUT2D eigenvalue weighted by Gasteiger charge is 2.21. The Morgan fingerprint density at radius 1 is 0.404 bits per heavy atom. The van der Waals surface area contributed by atoms with E-state index in [0.717, 1.165) is 66.0 Å². The molecule has 0 fully saturated rings. The van der Waals surface area contributed by atoms with Crippen LogP contribution in [0.1, 0.15) is 6.85 Å². The van der Waals surface area contributed by atoms with E-state index in [0.29, 0.717) is 22.5 Å². The summed E-state index contributed by atoms with van der Waals surface area (Å²) in [6.07, 6.45) is 0. The van der Waals surface area contributed by atoms with Gasteiger partial charge in [-0.25, -0.2) is 15.0 Å². The van der Waals surface area contributed by atoms with Crippen LogP contribution < -0.4 is 0 Å². The molecule has 0 radical (unpaired) electrons. The molecule has 0 saturated carbocycles. The van der Waals surface area contributed by atoms with Crippen LogP contribution in [0.5, 0.6) is 0 Å². The molecule has 0 atom stereocenters. The number of hydrogen-bond donors (Lipinski definition) is 0. The molecule has 6 nitrogen and oxygen atoms in total. The fourth-order valence-corrected chi connectivity index (χ4v) is 8.34. The highest BCUT2D eigenvalue weighted by atomic mass is 16.3. The number of furan rings is 1. The van der Waals surface area contributed by atoms with Crippen molar-refractivity contribution in [3.63, 3.8) is 0 Å². The molecule has 266 valence electrons. The first kappa shape index (κ1) is 26.9. The van der Waals surface area contributed by atoms with Crippen LogP contribution in [0.3, 0.4) is 0 Å². The van der Waals surface area contributed by atoms with Gasteiger partial charge in [0.1, 0.15) is 5.58 Å². The lowest BCUT2D eigenvalue weighted by atomic mass is 10.1. The summed E-state index contributed by atoms with van der Waals surface area (Å²) in [4.78, 5) is 14.3. The van der Waals surface area contributed by atoms with Crippen molar-refractivity contribution in [2.75, 3.05) is 0 Å². The number of rotatable bonds is 5. The van der Waals surface area contributed by atoms with Gasteiger partial charge in [-0.1, -0.05) is 133 Å². The molecule has 0 aliphatic carbocycles. The van der Waals surface area contributed by atoms with Gasteiger partial charge < -0.3 is 13.6 Å². The smallest absolute Gasteiger partial charge is 0.164 e. The Kier molecular flexibility index (Phi) is 5.82. The van der Waals surface area contributed by atoms with E-state index in [9.17, 15) is 0 Å². The maximum Gasteiger partial charge on any atom is 0.164 e. The van der Waals surface area contributed by atoms with E-state index in [-0.39, 0.29) is 29.3 Å². The minimum atomic E-state index is -0.485. The van der Waals surface area contributed by atoms with Crippen LogP contribution in [0, 0.1) is 0 Å². The molecule has 0 aliphatic rings. The number of fused-ring (bicyclic) bond motifs is 9. The Morgan fingerprint density at radius 2 is 0.982 bits per heavy atom. The van der Waals surface area contributed by atoms with Crippen LogP contribution in [0.15, 0.2) is 192 Å². The second-order valence-electron chi connectivity index (χ2n) is 14.1. The van der Waals surface area contributed by atoms with Crippen molar-refractivity contribution in [2.45, 2.75) is 0 Å². The summed E-state index contributed by atoms with van der Waals surface area (Å²) in [6, 6.07) is 51.3. The van der Waals surface area contributed by atoms with Gasteiger partial charge >= 0.3 is 0 Å². The Balaban J connectivity index is 1.07. The second kappa shape index (κ2) is 12.3. The predicted molar refractivity (Wildman–Crippen MR) is 232 cm³/mol. The summed E-state index contributed by atoms with van der Waals surface area (Å²) in [7, 11) is 0. The molecule has 6 heteroatoms. The lowest BCUT2D eigenvalue weighted by Gasteiger charge is -2.09. The summed E-state index contributed by atoms with van der Waals surface area (Å²) in [5.74, 6) is 0.547. The van der Waals surface area contributed by atoms with Crippen LogP contribution in [0.4, 0.5) is 0 Å². The second-order valence-corrected chi connectivity index (χ2v) is 14.1. The summed E-state index contributed by atoms with van der Waals surface area (Å²) in [5, 5.41) is 6.42. The van der Waals surface area contributed by atoms with Gasteiger partial charge in [0.2, 0.25) is 0 Å². The van der Waals surface area contributed by atoms with E-state index in [1.165, 1.54) is 5.39 Å². The molecule has 0 spiro atoms. The zero-order valence-electron chi connectivity index (χ0n) is 35.2. The van der Waals surface area contributed by atoms with Crippen molar-refractivity contribution in [1.82, 2.24) is 24.1 Å². The van der Waals surface area contributed by atoms with E-state index in [2.05, 4.69) is 117 Å². The first-order valence-corrected chi connectivity index (χ1v) is 18.7. The number of aromatic nitrogens is 5. The molecule has 0 bridgehead atoms. The summed E-state index contributed by atoms with van der Waals surface area (Å²) >= 11 is 0. The zero-order valence-corrected chi connectivity index (χ0v) is 30.2. The number of benzene rings is 8. The third-order valence-electron chi connectivity index (χ3n) is 10.8. The molecule has 0 N–H and O–H groups in total. The molecule has 8 aromatic carbocycles. The van der Waals surface area contributed by atoms with Crippen molar-refractivity contribution in [3.05, 3.63) is 188 Å². The fourth-order valence-electron chi connectivity index (χ4n) is 8.34. The third-order valence-corrected chi connectivity index (χ3v) is 10.8. The van der Waals surface area contributed by atoms with Crippen LogP contribution in [-0.2, 0) is 0 Å². The summed E-state index contributed by atoms with van der Waals surface area (Å²) < 4.78 is 53.7. The van der Waals surface area contributed by atoms with E-state index in [1.807, 2.05) is 54.6 Å². The zero-order chi connectivity index (χ0) is 41.8. The first-order valence-electron chi connectivity index (χ1n) is 21.2. The molecule has 0 saturated heterocycles. The quantitative estimate of drug-likeness (QED) is 0.177. The van der Waals surface area contributed by atoms with Crippen LogP contribution in [0.2, 0.25) is 0 Å². The minimum absolute atomic E-state index is 0.0230. The largest absolute Gasteiger partial charge is 0.454 e. The van der Waals surface area contributed by atoms with Crippen molar-refractivity contribution < 1.29 is 11.3 Å². The van der Waals surface area contributed by atoms with Gasteiger partial charge in [0, 0.05) is 54.7 Å². The fraction of sp³-hybridized carbons (Fsp3) is 0. The van der Waals surface area contributed by atoms with Crippen molar-refractivity contribution in [2.24, 2.45) is 0 Å². The normalized spacial score (nSPS) is 13.1. The Labute approximate surface area is 333 Å². The minimum Gasteiger partial charge on any atom is -0.454 e. The van der Waals surface area contributed by atoms with Gasteiger partial charge in [0.05, 0.1) is 34.6 Å². The van der Waals surface area contributed by atoms with Crippen LogP contribution in [-0.4, -0.2) is 24.1 Å². The van der Waals surface area contributed by atoms with E-state index >= 15 is 0 Å². The van der Waals surface area contributed by atoms with Crippen molar-refractivity contribution in [3.8, 4) is 45.5 Å². The van der Waals surface area contributed by atoms with Gasteiger partial charge in [0.15, 0.2) is 23.1 Å². The molecule has 4 heterocycles. The Bertz CT molecular complexity index is 3790. The highest BCUT2D eigenvalue weighted by Crippen LogP contribution is 2.42. The molecule has 57 heavy (non-hydrogen) atoms. The Morgan fingerprint density at radius 3 is 1.70 bits per heavy atom. The Hall–Kier alpha value is -7.83. The molecule has 0 aliphatic heterocycles. The van der Waals surface area contributed by atoms with E-state index < -0.39 is 18.1 Å². The molecule has 12 aromatic rings. The topological polar surface area (TPSA) is 61.7 Å². The standard InChI is InChI=1S/C51H31N5O/c1-4-15-32(16-5-1)49-52-50(33-17-6-2-7-18-33)54-51(53-49)34-27-28-38-39-23-14-26-44(48(39)57-47(38)29-34)56-43-25-13-11-22-37(43)41-30-45-40(31-46(41)56)36-21-10-12-24-42(36)55(45)35-19-8-3-9-20-35/h1-31H/i1D,4D,5D,15D,16D. The molecule has 12 rings (SSSR count). The maximum atomic E-state index is 8.69. The van der Waals surface area contributed by atoms with Crippen molar-refractivity contribution >= 4 is 65.6 Å². The van der Waals surface area contributed by atoms with Crippen LogP contribution in [0.25, 0.3) is 111 Å².